The lowest BCUT2D eigenvalue weighted by molar-refractivity contribution is 1.07. The van der Waals surface area contributed by atoms with Crippen molar-refractivity contribution in [3.63, 3.8) is 0 Å². The zero-order valence-electron chi connectivity index (χ0n) is 9.62. The standard InChI is InChI=1S/C15H14N/c1-3-11-10(2)8-9-13-12-6-4-5-7-14(12)16-15(11)13/h4-9H,3H2,1-2H3. The van der Waals surface area contributed by atoms with Crippen molar-refractivity contribution >= 4 is 11.4 Å². The number of rotatable bonds is 1. The normalized spacial score (nSPS) is 11.9. The largest absolute Gasteiger partial charge is 0.247 e. The average molecular weight is 208 g/mol. The van der Waals surface area contributed by atoms with Crippen LogP contribution in [0.4, 0.5) is 11.4 Å². The number of benzene rings is 2. The maximum absolute atomic E-state index is 4.75. The second-order valence-electron chi connectivity index (χ2n) is 4.24. The van der Waals surface area contributed by atoms with Crippen molar-refractivity contribution in [3.8, 4) is 11.1 Å². The monoisotopic (exact) mass is 208 g/mol. The number of aryl methyl sites for hydroxylation is 1. The van der Waals surface area contributed by atoms with E-state index in [1.54, 1.807) is 0 Å². The Kier molecular flexibility index (Phi) is 2.00. The molecule has 16 heavy (non-hydrogen) atoms. The van der Waals surface area contributed by atoms with E-state index in [1.807, 2.05) is 6.07 Å². The molecule has 1 aliphatic heterocycles. The summed E-state index contributed by atoms with van der Waals surface area (Å²) in [6.07, 6.45) is 1.05. The Morgan fingerprint density at radius 1 is 1.00 bits per heavy atom. The van der Waals surface area contributed by atoms with Gasteiger partial charge in [0.15, 0.2) is 0 Å². The highest BCUT2D eigenvalue weighted by Crippen LogP contribution is 2.45. The Labute approximate surface area is 96.1 Å². The minimum atomic E-state index is 1.05. The lowest BCUT2D eigenvalue weighted by atomic mass is 9.98. The Balaban J connectivity index is 2.28. The lowest BCUT2D eigenvalue weighted by Crippen LogP contribution is -1.93. The van der Waals surface area contributed by atoms with Crippen LogP contribution in [0.15, 0.2) is 36.4 Å². The van der Waals surface area contributed by atoms with Gasteiger partial charge in [-0.15, -0.1) is 0 Å². The molecule has 0 N–H and O–H groups in total. The number of nitrogens with zero attached hydrogens (tertiary/aromatic N) is 1. The predicted molar refractivity (Wildman–Crippen MR) is 67.4 cm³/mol. The van der Waals surface area contributed by atoms with Gasteiger partial charge < -0.3 is 0 Å². The molecular weight excluding hydrogens is 194 g/mol. The predicted octanol–water partition coefficient (Wildman–Crippen LogP) is 4.11. The van der Waals surface area contributed by atoms with Crippen LogP contribution in [0.25, 0.3) is 11.1 Å². The van der Waals surface area contributed by atoms with Crippen molar-refractivity contribution < 1.29 is 0 Å². The van der Waals surface area contributed by atoms with Crippen LogP contribution in [0.3, 0.4) is 0 Å². The maximum Gasteiger partial charge on any atom is 0.0750 e. The summed E-state index contributed by atoms with van der Waals surface area (Å²) in [6.45, 7) is 4.36. The molecule has 79 valence electrons. The Morgan fingerprint density at radius 3 is 2.62 bits per heavy atom. The van der Waals surface area contributed by atoms with Gasteiger partial charge in [0.05, 0.1) is 11.4 Å². The molecule has 0 fully saturated rings. The summed E-state index contributed by atoms with van der Waals surface area (Å²) in [5, 5.41) is 4.75. The molecular formula is C15H14N. The molecule has 1 radical (unpaired) electrons. The van der Waals surface area contributed by atoms with Gasteiger partial charge in [-0.2, -0.15) is 0 Å². The van der Waals surface area contributed by atoms with Gasteiger partial charge in [-0.05, 0) is 30.5 Å². The number of para-hydroxylation sites is 1. The van der Waals surface area contributed by atoms with Gasteiger partial charge in [-0.3, -0.25) is 0 Å². The molecule has 0 bridgehead atoms. The highest BCUT2D eigenvalue weighted by atomic mass is 14.9. The third kappa shape index (κ3) is 1.18. The smallest absolute Gasteiger partial charge is 0.0750 e. The fraction of sp³-hybridized carbons (Fsp3) is 0.200. The van der Waals surface area contributed by atoms with Crippen LogP contribution >= 0.6 is 0 Å². The molecule has 0 amide bonds. The van der Waals surface area contributed by atoms with Crippen molar-refractivity contribution in [1.29, 1.82) is 0 Å². The van der Waals surface area contributed by atoms with E-state index in [9.17, 15) is 0 Å². The van der Waals surface area contributed by atoms with Gasteiger partial charge in [0.25, 0.3) is 0 Å². The average Bonchev–Trinajstić information content (AvgIpc) is 2.67. The van der Waals surface area contributed by atoms with Crippen LogP contribution < -0.4 is 5.32 Å². The van der Waals surface area contributed by atoms with Crippen LogP contribution in [-0.4, -0.2) is 0 Å². The first-order valence-corrected chi connectivity index (χ1v) is 5.75. The third-order valence-corrected chi connectivity index (χ3v) is 3.30. The van der Waals surface area contributed by atoms with Crippen LogP contribution in [0.2, 0.25) is 0 Å². The van der Waals surface area contributed by atoms with E-state index in [4.69, 9.17) is 5.32 Å². The minimum absolute atomic E-state index is 1.05. The Morgan fingerprint density at radius 2 is 1.81 bits per heavy atom. The first-order valence-electron chi connectivity index (χ1n) is 5.75. The lowest BCUT2D eigenvalue weighted by Gasteiger charge is -2.08. The molecule has 0 saturated carbocycles. The number of hydrogen-bond donors (Lipinski definition) is 0. The van der Waals surface area contributed by atoms with Gasteiger partial charge in [0.1, 0.15) is 0 Å². The van der Waals surface area contributed by atoms with E-state index < -0.39 is 0 Å². The molecule has 0 atom stereocenters. The van der Waals surface area contributed by atoms with Crippen LogP contribution in [0.1, 0.15) is 18.1 Å². The van der Waals surface area contributed by atoms with Crippen molar-refractivity contribution in [1.82, 2.24) is 5.32 Å². The van der Waals surface area contributed by atoms with E-state index in [0.29, 0.717) is 0 Å². The van der Waals surface area contributed by atoms with E-state index in [1.165, 1.54) is 27.9 Å². The molecule has 0 unspecified atom stereocenters. The van der Waals surface area contributed by atoms with Crippen molar-refractivity contribution in [2.24, 2.45) is 0 Å². The summed E-state index contributed by atoms with van der Waals surface area (Å²) in [7, 11) is 0. The number of hydrogen-bond acceptors (Lipinski definition) is 0. The molecule has 2 aromatic rings. The van der Waals surface area contributed by atoms with Crippen LogP contribution in [0, 0.1) is 6.92 Å². The summed E-state index contributed by atoms with van der Waals surface area (Å²) in [6, 6.07) is 12.8. The Bertz CT molecular complexity index is 555. The highest BCUT2D eigenvalue weighted by molar-refractivity contribution is 5.92. The summed E-state index contributed by atoms with van der Waals surface area (Å²) in [4.78, 5) is 0. The minimum Gasteiger partial charge on any atom is -0.247 e. The van der Waals surface area contributed by atoms with E-state index in [-0.39, 0.29) is 0 Å². The van der Waals surface area contributed by atoms with E-state index in [2.05, 4.69) is 44.2 Å². The summed E-state index contributed by atoms with van der Waals surface area (Å²) >= 11 is 0. The second-order valence-corrected chi connectivity index (χ2v) is 4.24. The molecule has 1 heteroatoms. The van der Waals surface area contributed by atoms with Crippen molar-refractivity contribution in [2.45, 2.75) is 20.3 Å². The fourth-order valence-electron chi connectivity index (χ4n) is 2.45. The Hall–Kier alpha value is -1.76. The summed E-state index contributed by atoms with van der Waals surface area (Å²) < 4.78 is 0. The van der Waals surface area contributed by atoms with Gasteiger partial charge in [0, 0.05) is 11.1 Å². The van der Waals surface area contributed by atoms with Crippen LogP contribution in [-0.2, 0) is 6.42 Å². The maximum atomic E-state index is 4.75. The first-order chi connectivity index (χ1) is 7.81. The number of fused-ring (bicyclic) bond motifs is 3. The zero-order chi connectivity index (χ0) is 11.1. The van der Waals surface area contributed by atoms with Gasteiger partial charge in [0.2, 0.25) is 0 Å². The molecule has 0 aromatic heterocycles. The molecule has 0 aliphatic carbocycles. The van der Waals surface area contributed by atoms with Gasteiger partial charge in [-0.1, -0.05) is 37.3 Å². The van der Waals surface area contributed by atoms with Gasteiger partial charge in [-0.25, -0.2) is 5.32 Å². The van der Waals surface area contributed by atoms with Crippen LogP contribution in [0.5, 0.6) is 0 Å². The first kappa shape index (κ1) is 9.46. The van der Waals surface area contributed by atoms with Gasteiger partial charge >= 0.3 is 0 Å². The molecule has 1 nitrogen and oxygen atoms in total. The van der Waals surface area contributed by atoms with E-state index in [0.717, 1.165) is 12.1 Å². The van der Waals surface area contributed by atoms with E-state index >= 15 is 0 Å². The second kappa shape index (κ2) is 3.38. The molecule has 0 spiro atoms. The molecule has 2 aromatic carbocycles. The molecule has 1 heterocycles. The highest BCUT2D eigenvalue weighted by Gasteiger charge is 2.21. The third-order valence-electron chi connectivity index (χ3n) is 3.30. The molecule has 3 rings (SSSR count). The molecule has 0 saturated heterocycles. The SMILES string of the molecule is CCc1c(C)ccc2c1[N]c1ccccc1-2. The van der Waals surface area contributed by atoms with Crippen molar-refractivity contribution in [2.75, 3.05) is 0 Å². The van der Waals surface area contributed by atoms with Crippen molar-refractivity contribution in [3.05, 3.63) is 47.5 Å². The topological polar surface area (TPSA) is 14.1 Å². The quantitative estimate of drug-likeness (QED) is 0.571. The zero-order valence-corrected chi connectivity index (χ0v) is 9.62. The summed E-state index contributed by atoms with van der Waals surface area (Å²) in [5.74, 6) is 0. The summed E-state index contributed by atoms with van der Waals surface area (Å²) in [5.41, 5.74) is 7.58. The fourth-order valence-corrected chi connectivity index (χ4v) is 2.45. The molecule has 1 aliphatic rings.